The minimum atomic E-state index is -4.56. The molecule has 1 amide bonds. The largest absolute Gasteiger partial charge is 0.455 e. The Labute approximate surface area is 348 Å². The normalized spacial score (nSPS) is 19.7. The fourth-order valence-corrected chi connectivity index (χ4v) is 9.86. The Morgan fingerprint density at radius 2 is 1.90 bits per heavy atom. The monoisotopic (exact) mass is 841 g/mol. The lowest BCUT2D eigenvalue weighted by Gasteiger charge is -2.40. The number of carbonyl (C=O) groups excluding carboxylic acids is 1. The molecule has 0 spiro atoms. The average Bonchev–Trinajstić information content (AvgIpc) is 3.57. The van der Waals surface area contributed by atoms with Gasteiger partial charge in [-0.3, -0.25) is 19.8 Å². The third-order valence-electron chi connectivity index (χ3n) is 12.0. The molecule has 3 aliphatic rings. The van der Waals surface area contributed by atoms with Crippen LogP contribution in [0.4, 0.5) is 17.1 Å². The van der Waals surface area contributed by atoms with Gasteiger partial charge in [0.1, 0.15) is 22.8 Å². The lowest BCUT2D eigenvalue weighted by Crippen LogP contribution is -2.47. The Hall–Kier alpha value is -5.22. The highest BCUT2D eigenvalue weighted by Crippen LogP contribution is 2.39. The quantitative estimate of drug-likeness (QED) is 0.0667. The van der Waals surface area contributed by atoms with Gasteiger partial charge in [0.2, 0.25) is 0 Å². The predicted molar refractivity (Wildman–Crippen MR) is 227 cm³/mol. The Kier molecular flexibility index (Phi) is 11.5. The molecule has 0 bridgehead atoms. The molecule has 8 rings (SSSR count). The molecule has 2 fully saturated rings. The molecule has 2 aromatic heterocycles. The number of amides is 1. The second-order valence-electron chi connectivity index (χ2n) is 16.2. The molecule has 2 atom stereocenters. The fourth-order valence-electron chi connectivity index (χ4n) is 8.60. The molecule has 5 aromatic rings. The van der Waals surface area contributed by atoms with Gasteiger partial charge in [0.15, 0.2) is 0 Å². The molecule has 59 heavy (non-hydrogen) atoms. The number of aromatic amines is 1. The zero-order chi connectivity index (χ0) is 41.3. The number of pyridine rings is 1. The van der Waals surface area contributed by atoms with Crippen LogP contribution in [0.15, 0.2) is 84.0 Å². The number of ether oxygens (including phenoxy) is 2. The number of halogens is 1. The van der Waals surface area contributed by atoms with Crippen molar-refractivity contribution in [1.82, 2.24) is 19.6 Å². The molecular formula is C43H48ClN7O7S. The number of nitrogens with one attached hydrogen (secondary N) is 3. The van der Waals surface area contributed by atoms with Crippen molar-refractivity contribution >= 4 is 55.6 Å². The molecule has 14 nitrogen and oxygen atoms in total. The second kappa shape index (κ2) is 16.8. The van der Waals surface area contributed by atoms with E-state index in [9.17, 15) is 23.3 Å². The van der Waals surface area contributed by atoms with E-state index in [1.165, 1.54) is 29.5 Å². The molecule has 3 aromatic carbocycles. The molecule has 16 heteroatoms. The van der Waals surface area contributed by atoms with E-state index in [4.69, 9.17) is 21.1 Å². The van der Waals surface area contributed by atoms with Crippen LogP contribution in [0.25, 0.3) is 11.0 Å². The van der Waals surface area contributed by atoms with Gasteiger partial charge in [-0.15, -0.1) is 0 Å². The molecule has 0 saturated carbocycles. The zero-order valence-corrected chi connectivity index (χ0v) is 34.7. The first-order chi connectivity index (χ1) is 28.4. The highest BCUT2D eigenvalue weighted by molar-refractivity contribution is 7.90. The topological polar surface area (TPSA) is 172 Å². The van der Waals surface area contributed by atoms with E-state index < -0.39 is 31.4 Å². The van der Waals surface area contributed by atoms with Crippen LogP contribution < -0.4 is 19.7 Å². The minimum absolute atomic E-state index is 0.0380. The number of rotatable bonds is 11. The lowest BCUT2D eigenvalue weighted by molar-refractivity contribution is -0.384. The summed E-state index contributed by atoms with van der Waals surface area (Å²) in [6.07, 6.45) is 8.38. The summed E-state index contributed by atoms with van der Waals surface area (Å²) in [6, 6.07) is 18.8. The van der Waals surface area contributed by atoms with Crippen LogP contribution in [0, 0.1) is 21.4 Å². The highest BCUT2D eigenvalue weighted by Gasteiger charge is 2.34. The van der Waals surface area contributed by atoms with E-state index >= 15 is 0 Å². The summed E-state index contributed by atoms with van der Waals surface area (Å²) < 4.78 is 41.5. The van der Waals surface area contributed by atoms with Crippen LogP contribution in [0.3, 0.4) is 0 Å². The maximum atomic E-state index is 13.9. The summed E-state index contributed by atoms with van der Waals surface area (Å²) in [4.78, 5) is 37.2. The van der Waals surface area contributed by atoms with E-state index in [0.717, 1.165) is 80.4 Å². The minimum Gasteiger partial charge on any atom is -0.455 e. The van der Waals surface area contributed by atoms with E-state index in [0.29, 0.717) is 31.2 Å². The summed E-state index contributed by atoms with van der Waals surface area (Å²) in [5.41, 5.74) is 3.63. The number of hydrogen-bond acceptors (Lipinski definition) is 11. The Morgan fingerprint density at radius 3 is 2.69 bits per heavy atom. The maximum Gasteiger partial charge on any atom is 0.293 e. The van der Waals surface area contributed by atoms with Gasteiger partial charge < -0.3 is 24.7 Å². The second-order valence-corrected chi connectivity index (χ2v) is 18.3. The van der Waals surface area contributed by atoms with Crippen LogP contribution in [-0.2, 0) is 21.2 Å². The van der Waals surface area contributed by atoms with E-state index in [1.807, 2.05) is 18.2 Å². The number of sulfonamides is 1. The van der Waals surface area contributed by atoms with Crippen molar-refractivity contribution < 1.29 is 27.6 Å². The number of piperazine rings is 1. The summed E-state index contributed by atoms with van der Waals surface area (Å²) in [5.74, 6) is -0.284. The van der Waals surface area contributed by atoms with Crippen LogP contribution in [0.2, 0.25) is 5.02 Å². The molecule has 4 heterocycles. The van der Waals surface area contributed by atoms with Crippen molar-refractivity contribution in [2.75, 3.05) is 56.2 Å². The summed E-state index contributed by atoms with van der Waals surface area (Å²) in [6.45, 7) is 8.88. The standard InChI is InChI=1S/C43H48ClN7O7S/c1-43(2)27-57-21-15-29(43)25-46-37-13-11-32(24-39(37)51(53)54)59(55,56)48-42(52)35-12-10-30(23-40(35)58-31-22-28-14-16-45-41(28)47-26-31)49-17-19-50(20-18-49)38-9-4-3-6-33-34(38)7-5-8-36(33)44/h5,7-8,10-14,16,22-24,26,29,38,46H,3-4,6,9,15,17-21,25,27H2,1-2H3,(H,45,47)(H,48,52)/t29?,38-/m1/s1. The van der Waals surface area contributed by atoms with Crippen molar-refractivity contribution in [1.29, 1.82) is 0 Å². The number of anilines is 2. The van der Waals surface area contributed by atoms with Crippen molar-refractivity contribution in [2.45, 2.75) is 56.9 Å². The lowest BCUT2D eigenvalue weighted by atomic mass is 9.76. The summed E-state index contributed by atoms with van der Waals surface area (Å²) >= 11 is 6.65. The smallest absolute Gasteiger partial charge is 0.293 e. The van der Waals surface area contributed by atoms with Gasteiger partial charge in [0, 0.05) is 79.8 Å². The van der Waals surface area contributed by atoms with E-state index in [2.05, 4.69) is 49.7 Å². The van der Waals surface area contributed by atoms with Gasteiger partial charge in [-0.05, 0) is 90.6 Å². The molecular weight excluding hydrogens is 794 g/mol. The number of nitro benzene ring substituents is 1. The first kappa shape index (κ1) is 40.6. The average molecular weight is 842 g/mol. The number of aromatic nitrogens is 2. The number of hydrogen-bond donors (Lipinski definition) is 3. The molecule has 1 unspecified atom stereocenters. The van der Waals surface area contributed by atoms with Gasteiger partial charge >= 0.3 is 0 Å². The van der Waals surface area contributed by atoms with E-state index in [1.54, 1.807) is 30.5 Å². The van der Waals surface area contributed by atoms with Crippen LogP contribution in [0.1, 0.15) is 67.1 Å². The van der Waals surface area contributed by atoms with Crippen molar-refractivity contribution in [3.8, 4) is 11.5 Å². The number of H-pyrrole nitrogens is 1. The van der Waals surface area contributed by atoms with Crippen molar-refractivity contribution in [3.05, 3.63) is 111 Å². The third kappa shape index (κ3) is 8.74. The van der Waals surface area contributed by atoms with Gasteiger partial charge in [-0.2, -0.15) is 0 Å². The fraction of sp³-hybridized carbons (Fsp3) is 0.395. The first-order valence-corrected chi connectivity index (χ1v) is 21.9. The van der Waals surface area contributed by atoms with Gasteiger partial charge in [0.05, 0.1) is 28.2 Å². The van der Waals surface area contributed by atoms with Crippen LogP contribution in [0.5, 0.6) is 11.5 Å². The number of benzene rings is 3. The summed E-state index contributed by atoms with van der Waals surface area (Å²) in [7, 11) is -4.56. The van der Waals surface area contributed by atoms with Gasteiger partial charge in [0.25, 0.3) is 21.6 Å². The Morgan fingerprint density at radius 1 is 1.07 bits per heavy atom. The molecule has 0 radical (unpaired) electrons. The number of nitro groups is 1. The zero-order valence-electron chi connectivity index (χ0n) is 33.1. The molecule has 3 N–H and O–H groups in total. The first-order valence-electron chi connectivity index (χ1n) is 20.0. The van der Waals surface area contributed by atoms with Crippen LogP contribution >= 0.6 is 11.6 Å². The molecule has 1 aliphatic carbocycles. The summed E-state index contributed by atoms with van der Waals surface area (Å²) in [5, 5.41) is 16.9. The molecule has 2 aliphatic heterocycles. The molecule has 2 saturated heterocycles. The van der Waals surface area contributed by atoms with Gasteiger partial charge in [-0.25, -0.2) is 18.1 Å². The number of fused-ring (bicyclic) bond motifs is 2. The maximum absolute atomic E-state index is 13.9. The van der Waals surface area contributed by atoms with E-state index in [-0.39, 0.29) is 34.4 Å². The van der Waals surface area contributed by atoms with Crippen molar-refractivity contribution in [2.24, 2.45) is 11.3 Å². The Balaban J connectivity index is 1.02. The SMILES string of the molecule is CC1(C)COCCC1CNc1ccc(S(=O)(=O)NC(=O)c2ccc(N3CCN([C@@H]4CCCCc5c(Cl)cccc54)CC3)cc2Oc2cnc3[nH]ccc3c2)cc1[N+](=O)[O-]. The van der Waals surface area contributed by atoms with Crippen LogP contribution in [-0.4, -0.2) is 80.1 Å². The molecule has 310 valence electrons. The highest BCUT2D eigenvalue weighted by atomic mass is 35.5. The predicted octanol–water partition coefficient (Wildman–Crippen LogP) is 8.10. The number of carbonyl (C=O) groups is 1. The van der Waals surface area contributed by atoms with Gasteiger partial charge in [-0.1, -0.05) is 44.0 Å². The van der Waals surface area contributed by atoms with Crippen molar-refractivity contribution in [3.63, 3.8) is 0 Å². The third-order valence-corrected chi connectivity index (χ3v) is 13.7. The number of nitrogens with zero attached hydrogens (tertiary/aromatic N) is 4. The Bertz CT molecular complexity index is 2490.